The molecule has 0 bridgehead atoms. The number of hydrogen-bond donors (Lipinski definition) is 1. The second-order valence-electron chi connectivity index (χ2n) is 5.15. The molecule has 0 radical (unpaired) electrons. The molecule has 1 unspecified atom stereocenters. The van der Waals surface area contributed by atoms with Gasteiger partial charge in [-0.05, 0) is 24.6 Å². The van der Waals surface area contributed by atoms with Gasteiger partial charge in [-0.2, -0.15) is 0 Å². The van der Waals surface area contributed by atoms with Crippen LogP contribution in [-0.4, -0.2) is 17.6 Å². The molecule has 1 atom stereocenters. The largest absolute Gasteiger partial charge is 0.330 e. The second-order valence-corrected chi connectivity index (χ2v) is 6.83. The summed E-state index contributed by atoms with van der Waals surface area (Å²) in [5.74, 6) is -0.435. The van der Waals surface area contributed by atoms with E-state index in [0.29, 0.717) is 5.56 Å². The minimum Gasteiger partial charge on any atom is -0.302 e. The highest BCUT2D eigenvalue weighted by Gasteiger charge is 2.23. The highest BCUT2D eigenvalue weighted by Crippen LogP contribution is 2.15. The molecule has 0 saturated heterocycles. The van der Waals surface area contributed by atoms with Gasteiger partial charge in [0.25, 0.3) is 5.56 Å². The van der Waals surface area contributed by atoms with Crippen molar-refractivity contribution in [3.05, 3.63) is 62.7 Å². The van der Waals surface area contributed by atoms with Crippen molar-refractivity contribution in [1.29, 1.82) is 0 Å². The number of nitrogens with zero attached hydrogens (tertiary/aromatic N) is 2. The second kappa shape index (κ2) is 6.09. The van der Waals surface area contributed by atoms with Gasteiger partial charge in [-0.1, -0.05) is 12.1 Å². The van der Waals surface area contributed by atoms with Crippen molar-refractivity contribution in [3.63, 3.8) is 0 Å². The maximum atomic E-state index is 12.9. The molecule has 0 spiro atoms. The van der Waals surface area contributed by atoms with Crippen LogP contribution in [0.2, 0.25) is 0 Å². The molecule has 7 nitrogen and oxygen atoms in total. The Morgan fingerprint density at radius 1 is 1.13 bits per heavy atom. The van der Waals surface area contributed by atoms with Crippen LogP contribution < -0.4 is 16.0 Å². The lowest BCUT2D eigenvalue weighted by molar-refractivity contribution is 0.557. The number of aryl methyl sites for hydroxylation is 1. The molecule has 1 N–H and O–H groups in total. The molecule has 2 rings (SSSR count). The Labute approximate surface area is 132 Å². The molecule has 1 aromatic carbocycles. The van der Waals surface area contributed by atoms with Crippen molar-refractivity contribution >= 4 is 10.0 Å². The molecule has 0 saturated carbocycles. The zero-order valence-corrected chi connectivity index (χ0v) is 13.6. The summed E-state index contributed by atoms with van der Waals surface area (Å²) in [6, 6.07) is 4.64. The molecule has 0 amide bonds. The van der Waals surface area contributed by atoms with E-state index in [9.17, 15) is 22.4 Å². The molecule has 23 heavy (non-hydrogen) atoms. The topological polar surface area (TPSA) is 90.2 Å². The monoisotopic (exact) mass is 341 g/mol. The molecule has 1 aromatic heterocycles. The first-order chi connectivity index (χ1) is 10.6. The summed E-state index contributed by atoms with van der Waals surface area (Å²) in [4.78, 5) is 23.1. The van der Waals surface area contributed by atoms with Crippen LogP contribution in [-0.2, 0) is 24.1 Å². The highest BCUT2D eigenvalue weighted by atomic mass is 32.2. The van der Waals surface area contributed by atoms with E-state index in [-0.39, 0.29) is 0 Å². The van der Waals surface area contributed by atoms with Crippen LogP contribution in [0.5, 0.6) is 0 Å². The lowest BCUT2D eigenvalue weighted by Gasteiger charge is -2.15. The predicted octanol–water partition coefficient (Wildman–Crippen LogP) is 0.263. The summed E-state index contributed by atoms with van der Waals surface area (Å²) < 4.78 is 41.8. The van der Waals surface area contributed by atoms with Gasteiger partial charge in [0.15, 0.2) is 4.90 Å². The SMILES string of the molecule is CC(NS(=O)(=O)c1cn(C)c(=O)n(C)c1=O)c1ccc(F)cc1. The maximum absolute atomic E-state index is 12.9. The first-order valence-corrected chi connectivity index (χ1v) is 8.16. The third-order valence-corrected chi connectivity index (χ3v) is 4.93. The molecule has 0 aliphatic carbocycles. The Morgan fingerprint density at radius 3 is 2.26 bits per heavy atom. The first-order valence-electron chi connectivity index (χ1n) is 6.68. The molecule has 0 fully saturated rings. The van der Waals surface area contributed by atoms with Crippen LogP contribution >= 0.6 is 0 Å². The third kappa shape index (κ3) is 3.40. The quantitative estimate of drug-likeness (QED) is 0.864. The average molecular weight is 341 g/mol. The number of aromatic nitrogens is 2. The van der Waals surface area contributed by atoms with E-state index >= 15 is 0 Å². The Bertz CT molecular complexity index is 945. The fourth-order valence-electron chi connectivity index (χ4n) is 2.08. The number of rotatable bonds is 4. The molecule has 2 aromatic rings. The first kappa shape index (κ1) is 17.1. The van der Waals surface area contributed by atoms with Crippen LogP contribution in [0.25, 0.3) is 0 Å². The van der Waals surface area contributed by atoms with Gasteiger partial charge in [-0.3, -0.25) is 9.36 Å². The van der Waals surface area contributed by atoms with Gasteiger partial charge in [0.1, 0.15) is 5.82 Å². The zero-order chi connectivity index (χ0) is 17.4. The molecule has 0 aliphatic rings. The van der Waals surface area contributed by atoms with Crippen molar-refractivity contribution in [2.75, 3.05) is 0 Å². The summed E-state index contributed by atoms with van der Waals surface area (Å²) in [5.41, 5.74) is -0.996. The number of benzene rings is 1. The van der Waals surface area contributed by atoms with Gasteiger partial charge in [0.2, 0.25) is 10.0 Å². The van der Waals surface area contributed by atoms with E-state index in [1.807, 2.05) is 0 Å². The van der Waals surface area contributed by atoms with E-state index in [1.54, 1.807) is 6.92 Å². The van der Waals surface area contributed by atoms with Gasteiger partial charge in [0.05, 0.1) is 0 Å². The lowest BCUT2D eigenvalue weighted by atomic mass is 10.1. The minimum atomic E-state index is -4.15. The van der Waals surface area contributed by atoms with Gasteiger partial charge < -0.3 is 4.57 Å². The zero-order valence-electron chi connectivity index (χ0n) is 12.8. The van der Waals surface area contributed by atoms with Crippen molar-refractivity contribution in [3.8, 4) is 0 Å². The molecule has 0 aliphatic heterocycles. The summed E-state index contributed by atoms with van der Waals surface area (Å²) in [7, 11) is -1.59. The number of hydrogen-bond acceptors (Lipinski definition) is 4. The number of sulfonamides is 1. The van der Waals surface area contributed by atoms with E-state index in [2.05, 4.69) is 4.72 Å². The fraction of sp³-hybridized carbons (Fsp3) is 0.286. The molecular weight excluding hydrogens is 325 g/mol. The van der Waals surface area contributed by atoms with Gasteiger partial charge in [0, 0.05) is 26.3 Å². The highest BCUT2D eigenvalue weighted by molar-refractivity contribution is 7.89. The normalized spacial score (nSPS) is 13.0. The molecule has 9 heteroatoms. The Balaban J connectivity index is 2.42. The van der Waals surface area contributed by atoms with E-state index < -0.39 is 38.0 Å². The summed E-state index contributed by atoms with van der Waals surface area (Å²) in [6.45, 7) is 1.57. The van der Waals surface area contributed by atoms with Crippen molar-refractivity contribution in [2.45, 2.75) is 17.9 Å². The van der Waals surface area contributed by atoms with E-state index in [1.165, 1.54) is 38.4 Å². The standard InChI is InChI=1S/C14H16FN3O4S/c1-9(10-4-6-11(15)7-5-10)16-23(21,22)12-8-17(2)14(20)18(3)13(12)19/h4-9,16H,1-3H3. The Hall–Kier alpha value is -2.26. The van der Waals surface area contributed by atoms with Crippen LogP contribution in [0.3, 0.4) is 0 Å². The minimum absolute atomic E-state index is 0.435. The smallest absolute Gasteiger partial charge is 0.302 e. The van der Waals surface area contributed by atoms with Gasteiger partial charge >= 0.3 is 5.69 Å². The van der Waals surface area contributed by atoms with E-state index in [4.69, 9.17) is 0 Å². The predicted molar refractivity (Wildman–Crippen MR) is 82.1 cm³/mol. The van der Waals surface area contributed by atoms with Gasteiger partial charge in [-0.15, -0.1) is 0 Å². The third-order valence-electron chi connectivity index (χ3n) is 3.41. The van der Waals surface area contributed by atoms with Crippen molar-refractivity contribution < 1.29 is 12.8 Å². The molecular formula is C14H16FN3O4S. The summed E-state index contributed by atoms with van der Waals surface area (Å²) in [5, 5.41) is 0. The van der Waals surface area contributed by atoms with Crippen molar-refractivity contribution in [2.24, 2.45) is 14.1 Å². The number of halogens is 1. The summed E-state index contributed by atoms with van der Waals surface area (Å²) in [6.07, 6.45) is 0.977. The number of nitrogens with one attached hydrogen (secondary N) is 1. The lowest BCUT2D eigenvalue weighted by Crippen LogP contribution is -2.41. The summed E-state index contributed by atoms with van der Waals surface area (Å²) >= 11 is 0. The Morgan fingerprint density at radius 2 is 1.70 bits per heavy atom. The van der Waals surface area contributed by atoms with Crippen molar-refractivity contribution in [1.82, 2.24) is 13.9 Å². The van der Waals surface area contributed by atoms with Gasteiger partial charge in [-0.25, -0.2) is 22.3 Å². The van der Waals surface area contributed by atoms with Crippen LogP contribution in [0.15, 0.2) is 44.9 Å². The Kier molecular flexibility index (Phi) is 4.53. The molecule has 124 valence electrons. The van der Waals surface area contributed by atoms with Crippen LogP contribution in [0.1, 0.15) is 18.5 Å². The van der Waals surface area contributed by atoms with E-state index in [0.717, 1.165) is 15.3 Å². The maximum Gasteiger partial charge on any atom is 0.330 e. The molecule has 1 heterocycles. The average Bonchev–Trinajstić information content (AvgIpc) is 2.48. The van der Waals surface area contributed by atoms with Crippen LogP contribution in [0, 0.1) is 5.82 Å². The van der Waals surface area contributed by atoms with Crippen LogP contribution in [0.4, 0.5) is 4.39 Å². The fourth-order valence-corrected chi connectivity index (χ4v) is 3.47.